The molecule has 1 amide bonds. The van der Waals surface area contributed by atoms with Crippen molar-refractivity contribution in [1.82, 2.24) is 0 Å². The quantitative estimate of drug-likeness (QED) is 0.817. The Morgan fingerprint density at radius 1 is 1.35 bits per heavy atom. The van der Waals surface area contributed by atoms with Crippen molar-refractivity contribution >= 4 is 28.8 Å². The van der Waals surface area contributed by atoms with Gasteiger partial charge in [0.25, 0.3) is 0 Å². The highest BCUT2D eigenvalue weighted by Crippen LogP contribution is 2.20. The molecule has 1 aromatic rings. The van der Waals surface area contributed by atoms with E-state index in [9.17, 15) is 13.6 Å². The van der Waals surface area contributed by atoms with Gasteiger partial charge in [0.2, 0.25) is 5.91 Å². The van der Waals surface area contributed by atoms with Crippen molar-refractivity contribution in [2.45, 2.75) is 13.8 Å². The van der Waals surface area contributed by atoms with Gasteiger partial charge in [0.1, 0.15) is 0 Å². The molecule has 17 heavy (non-hydrogen) atoms. The zero-order valence-corrected chi connectivity index (χ0v) is 10.2. The standard InChI is InChI=1S/C11H12F2N2OS/c1-11(2,9(14)17)10(16)15-6-3-4-7(12)8(13)5-6/h3-5H,1-2H3,(H2,14,17)(H,15,16). The van der Waals surface area contributed by atoms with Crippen LogP contribution in [0.1, 0.15) is 13.8 Å². The molecular weight excluding hydrogens is 246 g/mol. The van der Waals surface area contributed by atoms with Crippen LogP contribution in [-0.2, 0) is 4.79 Å². The summed E-state index contributed by atoms with van der Waals surface area (Å²) in [4.78, 5) is 11.8. The van der Waals surface area contributed by atoms with Crippen LogP contribution < -0.4 is 11.1 Å². The first-order chi connectivity index (χ1) is 7.75. The second-order valence-corrected chi connectivity index (χ2v) is 4.51. The SMILES string of the molecule is CC(C)(C(=O)Nc1ccc(F)c(F)c1)C(N)=S. The van der Waals surface area contributed by atoms with Gasteiger partial charge in [0.15, 0.2) is 11.6 Å². The third-order valence-electron chi connectivity index (χ3n) is 2.36. The van der Waals surface area contributed by atoms with Gasteiger partial charge in [-0.3, -0.25) is 4.79 Å². The number of hydrogen-bond donors (Lipinski definition) is 2. The molecule has 0 unspecified atom stereocenters. The Bertz CT molecular complexity index is 475. The molecule has 0 aliphatic rings. The first kappa shape index (κ1) is 13.5. The molecule has 92 valence electrons. The Balaban J connectivity index is 2.89. The van der Waals surface area contributed by atoms with Gasteiger partial charge in [-0.15, -0.1) is 0 Å². The van der Waals surface area contributed by atoms with E-state index >= 15 is 0 Å². The molecule has 0 heterocycles. The number of benzene rings is 1. The minimum atomic E-state index is -1.06. The van der Waals surface area contributed by atoms with Crippen LogP contribution in [0, 0.1) is 17.0 Å². The molecular formula is C11H12F2N2OS. The summed E-state index contributed by atoms with van der Waals surface area (Å²) in [7, 11) is 0. The maximum Gasteiger partial charge on any atom is 0.236 e. The molecule has 0 radical (unpaired) electrons. The Kier molecular flexibility index (Phi) is 3.77. The first-order valence-electron chi connectivity index (χ1n) is 4.81. The average Bonchev–Trinajstić information content (AvgIpc) is 2.23. The van der Waals surface area contributed by atoms with Crippen molar-refractivity contribution in [3.63, 3.8) is 0 Å². The van der Waals surface area contributed by atoms with Crippen molar-refractivity contribution in [2.24, 2.45) is 11.1 Å². The summed E-state index contributed by atoms with van der Waals surface area (Å²) in [5.74, 6) is -2.48. The molecule has 0 saturated heterocycles. The third kappa shape index (κ3) is 2.97. The van der Waals surface area contributed by atoms with Crippen molar-refractivity contribution in [3.05, 3.63) is 29.8 Å². The fourth-order valence-electron chi connectivity index (χ4n) is 0.973. The van der Waals surface area contributed by atoms with Gasteiger partial charge in [-0.25, -0.2) is 8.78 Å². The predicted molar refractivity (Wildman–Crippen MR) is 65.6 cm³/mol. The van der Waals surface area contributed by atoms with Crippen LogP contribution in [0.4, 0.5) is 14.5 Å². The first-order valence-corrected chi connectivity index (χ1v) is 5.22. The number of anilines is 1. The Morgan fingerprint density at radius 3 is 2.41 bits per heavy atom. The largest absolute Gasteiger partial charge is 0.392 e. The second-order valence-electron chi connectivity index (χ2n) is 4.07. The van der Waals surface area contributed by atoms with Crippen molar-refractivity contribution in [3.8, 4) is 0 Å². The van der Waals surface area contributed by atoms with E-state index < -0.39 is 23.0 Å². The molecule has 0 bridgehead atoms. The van der Waals surface area contributed by atoms with E-state index in [1.807, 2.05) is 0 Å². The lowest BCUT2D eigenvalue weighted by molar-refractivity contribution is -0.121. The molecule has 0 aliphatic carbocycles. The lowest BCUT2D eigenvalue weighted by Crippen LogP contribution is -2.41. The number of nitrogens with one attached hydrogen (secondary N) is 1. The minimum Gasteiger partial charge on any atom is -0.392 e. The number of thiocarbonyl (C=S) groups is 1. The lowest BCUT2D eigenvalue weighted by Gasteiger charge is -2.21. The van der Waals surface area contributed by atoms with Crippen LogP contribution in [0.25, 0.3) is 0 Å². The summed E-state index contributed by atoms with van der Waals surface area (Å²) in [6.07, 6.45) is 0. The molecule has 0 fully saturated rings. The van der Waals surface area contributed by atoms with E-state index in [-0.39, 0.29) is 10.7 Å². The number of carbonyl (C=O) groups is 1. The van der Waals surface area contributed by atoms with E-state index in [0.29, 0.717) is 0 Å². The minimum absolute atomic E-state index is 0.0255. The maximum atomic E-state index is 12.9. The summed E-state index contributed by atoms with van der Waals surface area (Å²) in [5, 5.41) is 2.42. The Labute approximate surface area is 103 Å². The fraction of sp³-hybridized carbons (Fsp3) is 0.273. The molecule has 1 rings (SSSR count). The molecule has 3 nitrogen and oxygen atoms in total. The van der Waals surface area contributed by atoms with E-state index in [1.54, 1.807) is 13.8 Å². The highest BCUT2D eigenvalue weighted by molar-refractivity contribution is 7.80. The summed E-state index contributed by atoms with van der Waals surface area (Å²) in [6, 6.07) is 3.08. The van der Waals surface area contributed by atoms with Crippen LogP contribution in [-0.4, -0.2) is 10.9 Å². The van der Waals surface area contributed by atoms with Gasteiger partial charge in [-0.05, 0) is 26.0 Å². The molecule has 0 saturated carbocycles. The van der Waals surface area contributed by atoms with Gasteiger partial charge >= 0.3 is 0 Å². The van der Waals surface area contributed by atoms with Gasteiger partial charge < -0.3 is 11.1 Å². The van der Waals surface area contributed by atoms with Gasteiger partial charge in [0.05, 0.1) is 10.4 Å². The van der Waals surface area contributed by atoms with Crippen LogP contribution >= 0.6 is 12.2 Å². The molecule has 0 spiro atoms. The lowest BCUT2D eigenvalue weighted by atomic mass is 9.92. The summed E-state index contributed by atoms with van der Waals surface area (Å²) < 4.78 is 25.6. The van der Waals surface area contributed by atoms with Crippen molar-refractivity contribution in [1.29, 1.82) is 0 Å². The zero-order valence-electron chi connectivity index (χ0n) is 9.38. The number of hydrogen-bond acceptors (Lipinski definition) is 2. The highest BCUT2D eigenvalue weighted by Gasteiger charge is 2.30. The van der Waals surface area contributed by atoms with Crippen molar-refractivity contribution in [2.75, 3.05) is 5.32 Å². The smallest absolute Gasteiger partial charge is 0.236 e. The van der Waals surface area contributed by atoms with Crippen LogP contribution in [0.5, 0.6) is 0 Å². The van der Waals surface area contributed by atoms with E-state index in [2.05, 4.69) is 5.32 Å². The Hall–Kier alpha value is -1.56. The molecule has 1 aromatic carbocycles. The molecule has 3 N–H and O–H groups in total. The second kappa shape index (κ2) is 4.75. The number of carbonyl (C=O) groups excluding carboxylic acids is 1. The Morgan fingerprint density at radius 2 is 1.94 bits per heavy atom. The topological polar surface area (TPSA) is 55.1 Å². The van der Waals surface area contributed by atoms with E-state index in [1.165, 1.54) is 6.07 Å². The number of amides is 1. The number of halogens is 2. The van der Waals surface area contributed by atoms with Crippen LogP contribution in [0.2, 0.25) is 0 Å². The van der Waals surface area contributed by atoms with Crippen LogP contribution in [0.3, 0.4) is 0 Å². The molecule has 0 aromatic heterocycles. The van der Waals surface area contributed by atoms with Gasteiger partial charge in [0, 0.05) is 11.8 Å². The summed E-state index contributed by atoms with van der Waals surface area (Å²) in [6.45, 7) is 3.09. The molecule has 6 heteroatoms. The van der Waals surface area contributed by atoms with E-state index in [4.69, 9.17) is 18.0 Å². The average molecular weight is 258 g/mol. The summed E-state index contributed by atoms with van der Waals surface area (Å²) >= 11 is 4.75. The fourth-order valence-corrected chi connectivity index (χ4v) is 1.07. The predicted octanol–water partition coefficient (Wildman–Crippen LogP) is 2.22. The van der Waals surface area contributed by atoms with Crippen LogP contribution in [0.15, 0.2) is 18.2 Å². The van der Waals surface area contributed by atoms with Gasteiger partial charge in [-0.1, -0.05) is 12.2 Å². The number of nitrogens with two attached hydrogens (primary N) is 1. The number of rotatable bonds is 3. The summed E-state index contributed by atoms with van der Waals surface area (Å²) in [5.41, 5.74) is 4.51. The van der Waals surface area contributed by atoms with Crippen molar-refractivity contribution < 1.29 is 13.6 Å². The normalized spacial score (nSPS) is 11.1. The van der Waals surface area contributed by atoms with Gasteiger partial charge in [-0.2, -0.15) is 0 Å². The third-order valence-corrected chi connectivity index (χ3v) is 2.87. The molecule has 0 aliphatic heterocycles. The molecule has 0 atom stereocenters. The highest BCUT2D eigenvalue weighted by atomic mass is 32.1. The monoisotopic (exact) mass is 258 g/mol. The van der Waals surface area contributed by atoms with E-state index in [0.717, 1.165) is 12.1 Å². The maximum absolute atomic E-state index is 12.9. The zero-order chi connectivity index (χ0) is 13.2.